The third-order valence-corrected chi connectivity index (χ3v) is 2.70. The van der Waals surface area contributed by atoms with Crippen LogP contribution in [0, 0.1) is 17.1 Å². The highest BCUT2D eigenvalue weighted by molar-refractivity contribution is 6.31. The number of nitrogens with zero attached hydrogens (tertiary/aromatic N) is 1. The fraction of sp³-hybridized carbons (Fsp3) is 0. The number of benzene rings is 2. The normalized spacial score (nSPS) is 9.83. The van der Waals surface area contributed by atoms with E-state index in [0.29, 0.717) is 16.9 Å². The Labute approximate surface area is 109 Å². The first-order valence-corrected chi connectivity index (χ1v) is 5.50. The monoisotopic (exact) mass is 261 g/mol. The number of nitriles is 1. The van der Waals surface area contributed by atoms with E-state index in [4.69, 9.17) is 22.6 Å². The third-order valence-electron chi connectivity index (χ3n) is 2.40. The van der Waals surface area contributed by atoms with Crippen molar-refractivity contribution in [2.75, 3.05) is 11.1 Å². The Bertz CT molecular complexity index is 635. The molecule has 0 radical (unpaired) electrons. The zero-order valence-electron chi connectivity index (χ0n) is 9.24. The molecule has 0 aromatic heterocycles. The van der Waals surface area contributed by atoms with Gasteiger partial charge in [-0.05, 0) is 30.3 Å². The number of halogens is 2. The van der Waals surface area contributed by atoms with E-state index in [1.807, 2.05) is 6.07 Å². The molecule has 0 heterocycles. The first-order valence-electron chi connectivity index (χ1n) is 5.12. The molecular weight excluding hydrogens is 253 g/mol. The summed E-state index contributed by atoms with van der Waals surface area (Å²) in [5.41, 5.74) is 7.30. The minimum atomic E-state index is -0.555. The zero-order chi connectivity index (χ0) is 13.1. The van der Waals surface area contributed by atoms with Crippen molar-refractivity contribution >= 4 is 28.7 Å². The lowest BCUT2D eigenvalue weighted by Crippen LogP contribution is -1.99. The maximum Gasteiger partial charge on any atom is 0.165 e. The quantitative estimate of drug-likeness (QED) is 0.811. The van der Waals surface area contributed by atoms with Gasteiger partial charge in [0.25, 0.3) is 0 Å². The molecule has 3 nitrogen and oxygen atoms in total. The van der Waals surface area contributed by atoms with E-state index < -0.39 is 5.82 Å². The molecule has 0 aliphatic heterocycles. The van der Waals surface area contributed by atoms with Gasteiger partial charge in [-0.3, -0.25) is 0 Å². The molecule has 0 saturated carbocycles. The van der Waals surface area contributed by atoms with E-state index in [1.165, 1.54) is 6.07 Å². The maximum atomic E-state index is 13.7. The molecule has 0 unspecified atom stereocenters. The molecule has 3 N–H and O–H groups in total. The minimum absolute atomic E-state index is 0.0232. The summed E-state index contributed by atoms with van der Waals surface area (Å²) in [6, 6.07) is 11.3. The summed E-state index contributed by atoms with van der Waals surface area (Å²) in [7, 11) is 0. The number of rotatable bonds is 2. The molecule has 18 heavy (non-hydrogen) atoms. The van der Waals surface area contributed by atoms with Crippen LogP contribution in [-0.4, -0.2) is 0 Å². The van der Waals surface area contributed by atoms with E-state index in [9.17, 15) is 4.39 Å². The van der Waals surface area contributed by atoms with Crippen LogP contribution in [0.15, 0.2) is 36.4 Å². The van der Waals surface area contributed by atoms with Crippen LogP contribution in [0.1, 0.15) is 5.56 Å². The molecule has 0 aliphatic carbocycles. The Kier molecular flexibility index (Phi) is 3.35. The first-order chi connectivity index (χ1) is 8.61. The van der Waals surface area contributed by atoms with Crippen LogP contribution in [0.5, 0.6) is 0 Å². The predicted octanol–water partition coefficient (Wildman–Crippen LogP) is 3.68. The standard InChI is InChI=1S/C13H9ClFN3/c14-9-2-1-3-11(13(9)15)18-12-6-8(7-16)4-5-10(12)17/h1-6,18H,17H2. The van der Waals surface area contributed by atoms with Crippen molar-refractivity contribution in [3.8, 4) is 6.07 Å². The molecular formula is C13H9ClFN3. The highest BCUT2D eigenvalue weighted by Gasteiger charge is 2.08. The third kappa shape index (κ3) is 2.36. The number of anilines is 3. The van der Waals surface area contributed by atoms with Crippen LogP contribution in [0.4, 0.5) is 21.5 Å². The van der Waals surface area contributed by atoms with E-state index in [2.05, 4.69) is 5.32 Å². The van der Waals surface area contributed by atoms with E-state index >= 15 is 0 Å². The number of nitrogens with two attached hydrogens (primary N) is 1. The molecule has 0 aliphatic rings. The lowest BCUT2D eigenvalue weighted by atomic mass is 10.2. The zero-order valence-corrected chi connectivity index (χ0v) is 10.0. The Balaban J connectivity index is 2.40. The van der Waals surface area contributed by atoms with Crippen molar-refractivity contribution in [3.63, 3.8) is 0 Å². The fourth-order valence-corrected chi connectivity index (χ4v) is 1.65. The average Bonchev–Trinajstić information content (AvgIpc) is 2.37. The van der Waals surface area contributed by atoms with Gasteiger partial charge in [-0.2, -0.15) is 5.26 Å². The Hall–Kier alpha value is -2.25. The van der Waals surface area contributed by atoms with Crippen molar-refractivity contribution in [2.24, 2.45) is 0 Å². The molecule has 0 amide bonds. The second-order valence-corrected chi connectivity index (χ2v) is 4.05. The molecule has 0 fully saturated rings. The number of nitrogen functional groups attached to an aromatic ring is 1. The molecule has 0 spiro atoms. The molecule has 0 bridgehead atoms. The SMILES string of the molecule is N#Cc1ccc(N)c(Nc2cccc(Cl)c2F)c1. The van der Waals surface area contributed by atoms with Gasteiger partial charge in [-0.1, -0.05) is 17.7 Å². The molecule has 0 atom stereocenters. The van der Waals surface area contributed by atoms with Gasteiger partial charge in [0, 0.05) is 0 Å². The largest absolute Gasteiger partial charge is 0.397 e. The number of nitrogens with one attached hydrogen (secondary N) is 1. The summed E-state index contributed by atoms with van der Waals surface area (Å²) >= 11 is 5.68. The van der Waals surface area contributed by atoms with Crippen LogP contribution >= 0.6 is 11.6 Å². The fourth-order valence-electron chi connectivity index (χ4n) is 1.48. The van der Waals surface area contributed by atoms with E-state index in [-0.39, 0.29) is 10.7 Å². The second-order valence-electron chi connectivity index (χ2n) is 3.64. The Morgan fingerprint density at radius 1 is 1.22 bits per heavy atom. The van der Waals surface area contributed by atoms with Crippen molar-refractivity contribution in [1.29, 1.82) is 5.26 Å². The predicted molar refractivity (Wildman–Crippen MR) is 70.3 cm³/mol. The first kappa shape index (κ1) is 12.2. The second kappa shape index (κ2) is 4.94. The molecule has 2 aromatic carbocycles. The van der Waals surface area contributed by atoms with E-state index in [1.54, 1.807) is 30.3 Å². The molecule has 2 rings (SSSR count). The van der Waals surface area contributed by atoms with Gasteiger partial charge in [-0.15, -0.1) is 0 Å². The Morgan fingerprint density at radius 3 is 2.72 bits per heavy atom. The van der Waals surface area contributed by atoms with Gasteiger partial charge in [0.1, 0.15) is 0 Å². The molecule has 0 saturated heterocycles. The minimum Gasteiger partial charge on any atom is -0.397 e. The summed E-state index contributed by atoms with van der Waals surface area (Å²) in [6.07, 6.45) is 0. The molecule has 2 aromatic rings. The van der Waals surface area contributed by atoms with Crippen LogP contribution in [0.3, 0.4) is 0 Å². The summed E-state index contributed by atoms with van der Waals surface area (Å²) < 4.78 is 13.7. The van der Waals surface area contributed by atoms with Gasteiger partial charge < -0.3 is 11.1 Å². The van der Waals surface area contributed by atoms with Gasteiger partial charge in [0.05, 0.1) is 33.7 Å². The summed E-state index contributed by atoms with van der Waals surface area (Å²) in [6.45, 7) is 0. The smallest absolute Gasteiger partial charge is 0.165 e. The van der Waals surface area contributed by atoms with Crippen LogP contribution in [0.25, 0.3) is 0 Å². The van der Waals surface area contributed by atoms with Gasteiger partial charge in [0.2, 0.25) is 0 Å². The summed E-state index contributed by atoms with van der Waals surface area (Å²) in [4.78, 5) is 0. The van der Waals surface area contributed by atoms with Crippen molar-refractivity contribution in [3.05, 3.63) is 52.8 Å². The van der Waals surface area contributed by atoms with Crippen molar-refractivity contribution < 1.29 is 4.39 Å². The van der Waals surface area contributed by atoms with Crippen molar-refractivity contribution in [1.82, 2.24) is 0 Å². The van der Waals surface area contributed by atoms with Gasteiger partial charge in [0.15, 0.2) is 5.82 Å². The van der Waals surface area contributed by atoms with Crippen LogP contribution < -0.4 is 11.1 Å². The maximum absolute atomic E-state index is 13.7. The van der Waals surface area contributed by atoms with Crippen molar-refractivity contribution in [2.45, 2.75) is 0 Å². The topological polar surface area (TPSA) is 61.8 Å². The lowest BCUT2D eigenvalue weighted by molar-refractivity contribution is 0.632. The van der Waals surface area contributed by atoms with Crippen LogP contribution in [0.2, 0.25) is 5.02 Å². The van der Waals surface area contributed by atoms with Crippen LogP contribution in [-0.2, 0) is 0 Å². The number of hydrogen-bond acceptors (Lipinski definition) is 3. The van der Waals surface area contributed by atoms with Gasteiger partial charge in [-0.25, -0.2) is 4.39 Å². The summed E-state index contributed by atoms with van der Waals surface area (Å²) in [5, 5.41) is 11.6. The van der Waals surface area contributed by atoms with Gasteiger partial charge >= 0.3 is 0 Å². The molecule has 90 valence electrons. The lowest BCUT2D eigenvalue weighted by Gasteiger charge is -2.11. The molecule has 5 heteroatoms. The highest BCUT2D eigenvalue weighted by Crippen LogP contribution is 2.28. The Morgan fingerprint density at radius 2 is 2.00 bits per heavy atom. The number of hydrogen-bond donors (Lipinski definition) is 2. The highest BCUT2D eigenvalue weighted by atomic mass is 35.5. The summed E-state index contributed by atoms with van der Waals surface area (Å²) in [5.74, 6) is -0.555. The van der Waals surface area contributed by atoms with E-state index in [0.717, 1.165) is 0 Å². The average molecular weight is 262 g/mol.